The summed E-state index contributed by atoms with van der Waals surface area (Å²) in [4.78, 5) is 12.5. The van der Waals surface area contributed by atoms with E-state index in [-0.39, 0.29) is 12.8 Å². The highest BCUT2D eigenvalue weighted by Gasteiger charge is 2.36. The van der Waals surface area contributed by atoms with Gasteiger partial charge in [-0.3, -0.25) is 4.79 Å². The zero-order valence-corrected chi connectivity index (χ0v) is 23.4. The standard InChI is InChI=1S/C31H36F8O2/c1-3-5-7-8-9-10-12-19-22(32)24(34)20(25(35)23(19)33)21-26(36)28(38)30(29(39)27(21)37)41-31(40)18-15-13-17(14-16-18)11-6-4-2/h17-18H,3-16H2,1-2H3. The fourth-order valence-corrected chi connectivity index (χ4v) is 5.48. The van der Waals surface area contributed by atoms with Gasteiger partial charge in [-0.05, 0) is 44.4 Å². The molecule has 0 unspecified atom stereocenters. The van der Waals surface area contributed by atoms with Gasteiger partial charge in [0.05, 0.1) is 17.0 Å². The Kier molecular flexibility index (Phi) is 12.0. The molecule has 2 nitrogen and oxygen atoms in total. The summed E-state index contributed by atoms with van der Waals surface area (Å²) in [5, 5.41) is 0. The second-order valence-corrected chi connectivity index (χ2v) is 10.9. The highest BCUT2D eigenvalue weighted by molar-refractivity contribution is 5.76. The molecule has 0 radical (unpaired) electrons. The molecule has 10 heteroatoms. The number of unbranched alkanes of at least 4 members (excludes halogenated alkanes) is 6. The second-order valence-electron chi connectivity index (χ2n) is 10.9. The predicted molar refractivity (Wildman–Crippen MR) is 139 cm³/mol. The van der Waals surface area contributed by atoms with Crippen LogP contribution in [0.3, 0.4) is 0 Å². The quantitative estimate of drug-likeness (QED) is 0.0761. The van der Waals surface area contributed by atoms with Crippen molar-refractivity contribution in [2.24, 2.45) is 11.8 Å². The van der Waals surface area contributed by atoms with E-state index in [1.165, 1.54) is 0 Å². The second kappa shape index (κ2) is 15.0. The Morgan fingerprint density at radius 3 is 1.59 bits per heavy atom. The first-order chi connectivity index (χ1) is 19.5. The Morgan fingerprint density at radius 2 is 1.07 bits per heavy atom. The minimum absolute atomic E-state index is 0.197. The lowest BCUT2D eigenvalue weighted by Gasteiger charge is -2.27. The minimum atomic E-state index is -2.35. The van der Waals surface area contributed by atoms with Crippen molar-refractivity contribution >= 4 is 5.97 Å². The number of benzene rings is 2. The number of rotatable bonds is 13. The Balaban J connectivity index is 1.86. The summed E-state index contributed by atoms with van der Waals surface area (Å²) in [5.41, 5.74) is -4.87. The maximum atomic E-state index is 15.0. The summed E-state index contributed by atoms with van der Waals surface area (Å²) in [6.07, 6.45) is 8.99. The van der Waals surface area contributed by atoms with Gasteiger partial charge < -0.3 is 4.74 Å². The number of ether oxygens (including phenoxy) is 1. The normalized spacial score (nSPS) is 17.2. The zero-order chi connectivity index (χ0) is 30.3. The van der Waals surface area contributed by atoms with Crippen molar-refractivity contribution in [1.82, 2.24) is 0 Å². The fraction of sp³-hybridized carbons (Fsp3) is 0.581. The van der Waals surface area contributed by atoms with Crippen molar-refractivity contribution in [3.05, 3.63) is 52.1 Å². The molecule has 0 aromatic heterocycles. The Hall–Kier alpha value is -2.65. The van der Waals surface area contributed by atoms with Crippen LogP contribution in [-0.2, 0) is 11.2 Å². The van der Waals surface area contributed by atoms with Crippen molar-refractivity contribution in [2.75, 3.05) is 0 Å². The monoisotopic (exact) mass is 592 g/mol. The van der Waals surface area contributed by atoms with Gasteiger partial charge in [0.15, 0.2) is 34.9 Å². The molecule has 2 aromatic rings. The summed E-state index contributed by atoms with van der Waals surface area (Å²) in [6, 6.07) is 0. The molecule has 41 heavy (non-hydrogen) atoms. The number of carbonyl (C=O) groups is 1. The molecule has 3 rings (SSSR count). The number of hydrogen-bond donors (Lipinski definition) is 0. The third kappa shape index (κ3) is 7.41. The average molecular weight is 593 g/mol. The van der Waals surface area contributed by atoms with E-state index in [0.717, 1.165) is 44.9 Å². The van der Waals surface area contributed by atoms with Crippen LogP contribution in [0.4, 0.5) is 35.1 Å². The lowest BCUT2D eigenvalue weighted by Crippen LogP contribution is -2.26. The molecule has 0 N–H and O–H groups in total. The summed E-state index contributed by atoms with van der Waals surface area (Å²) in [5.74, 6) is -20.6. The molecule has 1 saturated carbocycles. The van der Waals surface area contributed by atoms with Gasteiger partial charge in [-0.15, -0.1) is 0 Å². The van der Waals surface area contributed by atoms with Crippen LogP contribution in [0.15, 0.2) is 0 Å². The van der Waals surface area contributed by atoms with Gasteiger partial charge in [-0.1, -0.05) is 65.2 Å². The molecule has 0 aliphatic heterocycles. The van der Waals surface area contributed by atoms with Crippen LogP contribution in [-0.4, -0.2) is 5.97 Å². The molecule has 0 bridgehead atoms. The van der Waals surface area contributed by atoms with E-state index < -0.39 is 80.9 Å². The highest BCUT2D eigenvalue weighted by Crippen LogP contribution is 2.41. The molecule has 2 aromatic carbocycles. The number of halogens is 8. The van der Waals surface area contributed by atoms with Crippen molar-refractivity contribution in [1.29, 1.82) is 0 Å². The fourth-order valence-electron chi connectivity index (χ4n) is 5.48. The van der Waals surface area contributed by atoms with Crippen molar-refractivity contribution in [3.63, 3.8) is 0 Å². The summed E-state index contributed by atoms with van der Waals surface area (Å²) in [6.45, 7) is 4.06. The summed E-state index contributed by atoms with van der Waals surface area (Å²) >= 11 is 0. The van der Waals surface area contributed by atoms with Gasteiger partial charge in [0.1, 0.15) is 0 Å². The molecule has 1 fully saturated rings. The largest absolute Gasteiger partial charge is 0.420 e. The van der Waals surface area contributed by atoms with Crippen LogP contribution in [0, 0.1) is 58.4 Å². The van der Waals surface area contributed by atoms with E-state index in [9.17, 15) is 39.9 Å². The molecule has 228 valence electrons. The predicted octanol–water partition coefficient (Wildman–Crippen LogP) is 10.3. The lowest BCUT2D eigenvalue weighted by atomic mass is 9.80. The topological polar surface area (TPSA) is 26.3 Å². The maximum absolute atomic E-state index is 15.0. The first-order valence-corrected chi connectivity index (χ1v) is 14.5. The van der Waals surface area contributed by atoms with Gasteiger partial charge in [-0.25, -0.2) is 26.3 Å². The molecular formula is C31H36F8O2. The summed E-state index contributed by atoms with van der Waals surface area (Å²) < 4.78 is 124. The number of hydrogen-bond acceptors (Lipinski definition) is 2. The smallest absolute Gasteiger partial charge is 0.314 e. The molecule has 0 saturated heterocycles. The number of carbonyl (C=O) groups excluding carboxylic acids is 1. The zero-order valence-electron chi connectivity index (χ0n) is 23.4. The van der Waals surface area contributed by atoms with Gasteiger partial charge in [-0.2, -0.15) is 8.78 Å². The van der Waals surface area contributed by atoms with Gasteiger partial charge >= 0.3 is 5.97 Å². The molecule has 0 amide bonds. The van der Waals surface area contributed by atoms with E-state index in [0.29, 0.717) is 38.0 Å². The van der Waals surface area contributed by atoms with E-state index in [1.807, 2.05) is 6.92 Å². The van der Waals surface area contributed by atoms with Crippen LogP contribution in [0.1, 0.15) is 103 Å². The van der Waals surface area contributed by atoms with Crippen molar-refractivity contribution in [2.45, 2.75) is 104 Å². The molecule has 0 atom stereocenters. The van der Waals surface area contributed by atoms with Crippen LogP contribution in [0.2, 0.25) is 0 Å². The van der Waals surface area contributed by atoms with E-state index in [2.05, 4.69) is 11.7 Å². The van der Waals surface area contributed by atoms with E-state index >= 15 is 0 Å². The van der Waals surface area contributed by atoms with Crippen LogP contribution >= 0.6 is 0 Å². The molecule has 0 spiro atoms. The molecule has 1 aliphatic carbocycles. The first-order valence-electron chi connectivity index (χ1n) is 14.5. The number of esters is 1. The van der Waals surface area contributed by atoms with Gasteiger partial charge in [0.2, 0.25) is 17.4 Å². The SMILES string of the molecule is CCCCCCCCc1c(F)c(F)c(-c2c(F)c(F)c(OC(=O)C3CCC(CCCC)CC3)c(F)c2F)c(F)c1F. The van der Waals surface area contributed by atoms with Crippen molar-refractivity contribution in [3.8, 4) is 16.9 Å². The highest BCUT2D eigenvalue weighted by atomic mass is 19.2. The first kappa shape index (κ1) is 32.9. The van der Waals surface area contributed by atoms with E-state index in [4.69, 9.17) is 0 Å². The lowest BCUT2D eigenvalue weighted by molar-refractivity contribution is -0.140. The summed E-state index contributed by atoms with van der Waals surface area (Å²) in [7, 11) is 0. The maximum Gasteiger partial charge on any atom is 0.314 e. The molecule has 0 heterocycles. The van der Waals surface area contributed by atoms with E-state index in [1.54, 1.807) is 0 Å². The van der Waals surface area contributed by atoms with Crippen LogP contribution in [0.25, 0.3) is 11.1 Å². The van der Waals surface area contributed by atoms with Crippen LogP contribution < -0.4 is 4.74 Å². The Labute approximate surface area is 235 Å². The average Bonchev–Trinajstić information content (AvgIpc) is 2.97. The third-order valence-corrected chi connectivity index (χ3v) is 7.96. The van der Waals surface area contributed by atoms with Crippen LogP contribution in [0.5, 0.6) is 5.75 Å². The molecule has 1 aliphatic rings. The minimum Gasteiger partial charge on any atom is -0.420 e. The Morgan fingerprint density at radius 1 is 0.610 bits per heavy atom. The Bertz CT molecular complexity index is 1160. The third-order valence-electron chi connectivity index (χ3n) is 7.96. The molecular weight excluding hydrogens is 556 g/mol. The van der Waals surface area contributed by atoms with Gasteiger partial charge in [0, 0.05) is 5.56 Å². The van der Waals surface area contributed by atoms with Crippen molar-refractivity contribution < 1.29 is 44.7 Å². The van der Waals surface area contributed by atoms with Gasteiger partial charge in [0.25, 0.3) is 0 Å².